The lowest BCUT2D eigenvalue weighted by atomic mass is 9.99. The average Bonchev–Trinajstić information content (AvgIpc) is 2.70. The van der Waals surface area contributed by atoms with E-state index in [4.69, 9.17) is 14.2 Å². The summed E-state index contributed by atoms with van der Waals surface area (Å²) in [6, 6.07) is 11.5. The molecule has 0 fully saturated rings. The molecule has 0 amide bonds. The second-order valence-electron chi connectivity index (χ2n) is 8.07. The van der Waals surface area contributed by atoms with Crippen LogP contribution in [0.2, 0.25) is 0 Å². The number of methoxy groups -OCH3 is 1. The lowest BCUT2D eigenvalue weighted by Crippen LogP contribution is -2.27. The zero-order valence-electron chi connectivity index (χ0n) is 18.5. The lowest BCUT2D eigenvalue weighted by Gasteiger charge is -2.20. The number of hydrogen-bond donors (Lipinski definition) is 1. The van der Waals surface area contributed by atoms with Crippen molar-refractivity contribution in [1.29, 1.82) is 5.26 Å². The predicted octanol–water partition coefficient (Wildman–Crippen LogP) is 4.21. The summed E-state index contributed by atoms with van der Waals surface area (Å²) < 4.78 is 30.1. The first-order valence-electron chi connectivity index (χ1n) is 10.1. The summed E-state index contributed by atoms with van der Waals surface area (Å²) in [7, 11) is 1.66. The van der Waals surface area contributed by atoms with Crippen molar-refractivity contribution in [1.82, 2.24) is 5.32 Å². The summed E-state index contributed by atoms with van der Waals surface area (Å²) in [5.74, 6) is -0.613. The van der Waals surface area contributed by atoms with Gasteiger partial charge in [0, 0.05) is 25.8 Å². The minimum atomic E-state index is -0.619. The topological polar surface area (TPSA) is 80.6 Å². The highest BCUT2D eigenvalue weighted by Gasteiger charge is 2.18. The van der Waals surface area contributed by atoms with Gasteiger partial charge in [-0.3, -0.25) is 0 Å². The number of nitrogens with zero attached hydrogens (tertiary/aromatic N) is 1. The first-order chi connectivity index (χ1) is 14.7. The first-order valence-corrected chi connectivity index (χ1v) is 10.1. The molecule has 0 bridgehead atoms. The highest BCUT2D eigenvalue weighted by Crippen LogP contribution is 2.32. The molecule has 0 aromatic heterocycles. The highest BCUT2D eigenvalue weighted by molar-refractivity contribution is 5.75. The van der Waals surface area contributed by atoms with E-state index in [1.54, 1.807) is 40.0 Å². The Labute approximate surface area is 182 Å². The van der Waals surface area contributed by atoms with Crippen molar-refractivity contribution in [2.75, 3.05) is 26.9 Å². The molecule has 6 nitrogen and oxygen atoms in total. The van der Waals surface area contributed by atoms with Crippen LogP contribution in [0.3, 0.4) is 0 Å². The van der Waals surface area contributed by atoms with Gasteiger partial charge >= 0.3 is 5.97 Å². The van der Waals surface area contributed by atoms with Crippen molar-refractivity contribution in [2.45, 2.75) is 39.3 Å². The predicted molar refractivity (Wildman–Crippen MR) is 116 cm³/mol. The SMILES string of the molecule is COCCCNCc1ccc(OCC(=O)OC(C)(C)C)c(-c2cc(F)cc(C#N)c2)c1. The van der Waals surface area contributed by atoms with Crippen molar-refractivity contribution < 1.29 is 23.4 Å². The third-order valence-electron chi connectivity index (χ3n) is 4.18. The van der Waals surface area contributed by atoms with Crippen LogP contribution in [-0.2, 0) is 20.8 Å². The van der Waals surface area contributed by atoms with Crippen LogP contribution in [0.5, 0.6) is 5.75 Å². The molecule has 2 rings (SSSR count). The molecular formula is C24H29FN2O4. The molecule has 7 heteroatoms. The number of hydrogen-bond acceptors (Lipinski definition) is 6. The summed E-state index contributed by atoms with van der Waals surface area (Å²) in [4.78, 5) is 12.1. The van der Waals surface area contributed by atoms with E-state index in [-0.39, 0.29) is 12.2 Å². The summed E-state index contributed by atoms with van der Waals surface area (Å²) in [5.41, 5.74) is 1.63. The standard InChI is InChI=1S/C24H29FN2O4/c1-24(2,3)31-23(28)16-30-22-7-6-17(15-27-8-5-9-29-4)12-21(22)19-10-18(14-26)11-20(25)13-19/h6-7,10-13,27H,5,8-9,15-16H2,1-4H3. The molecule has 0 unspecified atom stereocenters. The number of ether oxygens (including phenoxy) is 3. The Kier molecular flexibility index (Phi) is 8.98. The Morgan fingerprint density at radius 3 is 2.65 bits per heavy atom. The number of rotatable bonds is 10. The van der Waals surface area contributed by atoms with Crippen LogP contribution in [0.15, 0.2) is 36.4 Å². The fraction of sp³-hybridized carbons (Fsp3) is 0.417. The molecule has 31 heavy (non-hydrogen) atoms. The Morgan fingerprint density at radius 2 is 1.97 bits per heavy atom. The number of nitrogens with one attached hydrogen (secondary N) is 1. The Hall–Kier alpha value is -2.95. The highest BCUT2D eigenvalue weighted by atomic mass is 19.1. The summed E-state index contributed by atoms with van der Waals surface area (Å²) in [6.07, 6.45) is 0.885. The Bertz CT molecular complexity index is 932. The number of esters is 1. The molecule has 2 aromatic rings. The van der Waals surface area contributed by atoms with E-state index in [0.29, 0.717) is 30.0 Å². The molecule has 0 radical (unpaired) electrons. The van der Waals surface area contributed by atoms with E-state index >= 15 is 0 Å². The summed E-state index contributed by atoms with van der Waals surface area (Å²) in [6.45, 7) is 7.13. The van der Waals surface area contributed by atoms with E-state index in [1.165, 1.54) is 12.1 Å². The maximum absolute atomic E-state index is 14.1. The van der Waals surface area contributed by atoms with Gasteiger partial charge in [-0.2, -0.15) is 5.26 Å². The second-order valence-corrected chi connectivity index (χ2v) is 8.07. The molecule has 0 atom stereocenters. The maximum atomic E-state index is 14.1. The van der Waals surface area contributed by atoms with Gasteiger partial charge < -0.3 is 19.5 Å². The van der Waals surface area contributed by atoms with Crippen LogP contribution in [0.1, 0.15) is 38.3 Å². The molecule has 0 heterocycles. The van der Waals surface area contributed by atoms with Crippen molar-refractivity contribution in [3.05, 3.63) is 53.3 Å². The van der Waals surface area contributed by atoms with Crippen molar-refractivity contribution in [3.8, 4) is 22.9 Å². The number of halogens is 1. The zero-order valence-corrected chi connectivity index (χ0v) is 18.5. The maximum Gasteiger partial charge on any atom is 0.344 e. The number of carbonyl (C=O) groups excluding carboxylic acids is 1. The fourth-order valence-electron chi connectivity index (χ4n) is 2.93. The van der Waals surface area contributed by atoms with Crippen LogP contribution >= 0.6 is 0 Å². The van der Waals surface area contributed by atoms with E-state index in [9.17, 15) is 14.4 Å². The van der Waals surface area contributed by atoms with Crippen molar-refractivity contribution in [3.63, 3.8) is 0 Å². The quantitative estimate of drug-likeness (QED) is 0.451. The van der Waals surface area contributed by atoms with E-state index in [2.05, 4.69) is 5.32 Å². The lowest BCUT2D eigenvalue weighted by molar-refractivity contribution is -0.157. The van der Waals surface area contributed by atoms with Gasteiger partial charge in [0.1, 0.15) is 17.2 Å². The molecule has 1 N–H and O–H groups in total. The third-order valence-corrected chi connectivity index (χ3v) is 4.18. The molecular weight excluding hydrogens is 399 g/mol. The fourth-order valence-corrected chi connectivity index (χ4v) is 2.93. The van der Waals surface area contributed by atoms with Crippen LogP contribution in [0.25, 0.3) is 11.1 Å². The minimum absolute atomic E-state index is 0.205. The van der Waals surface area contributed by atoms with Crippen LogP contribution in [0.4, 0.5) is 4.39 Å². The molecule has 0 spiro atoms. The number of nitriles is 1. The molecule has 0 aliphatic carbocycles. The molecule has 166 valence electrons. The molecule has 0 aliphatic rings. The van der Waals surface area contributed by atoms with Crippen LogP contribution < -0.4 is 10.1 Å². The average molecular weight is 429 g/mol. The van der Waals surface area contributed by atoms with Crippen molar-refractivity contribution in [2.24, 2.45) is 0 Å². The van der Waals surface area contributed by atoms with Gasteiger partial charge in [-0.25, -0.2) is 9.18 Å². The van der Waals surface area contributed by atoms with E-state index < -0.39 is 17.4 Å². The number of carbonyl (C=O) groups is 1. The van der Waals surface area contributed by atoms with Gasteiger partial charge in [0.05, 0.1) is 11.6 Å². The Balaban J connectivity index is 2.26. The van der Waals surface area contributed by atoms with Crippen molar-refractivity contribution >= 4 is 5.97 Å². The number of benzene rings is 2. The molecule has 0 saturated heterocycles. The van der Waals surface area contributed by atoms with Gasteiger partial charge in [0.2, 0.25) is 0 Å². The normalized spacial score (nSPS) is 11.1. The zero-order chi connectivity index (χ0) is 22.9. The monoisotopic (exact) mass is 428 g/mol. The third kappa shape index (κ3) is 8.36. The minimum Gasteiger partial charge on any atom is -0.481 e. The van der Waals surface area contributed by atoms with Gasteiger partial charge in [-0.05, 0) is 75.2 Å². The van der Waals surface area contributed by atoms with Gasteiger partial charge in [0.25, 0.3) is 0 Å². The van der Waals surface area contributed by atoms with E-state index in [0.717, 1.165) is 18.5 Å². The molecule has 2 aromatic carbocycles. The summed E-state index contributed by atoms with van der Waals surface area (Å²) in [5, 5.41) is 12.5. The Morgan fingerprint density at radius 1 is 1.19 bits per heavy atom. The van der Waals surface area contributed by atoms with Crippen LogP contribution in [-0.4, -0.2) is 38.4 Å². The van der Waals surface area contributed by atoms with Gasteiger partial charge in [-0.15, -0.1) is 0 Å². The molecule has 0 saturated carbocycles. The van der Waals surface area contributed by atoms with Crippen LogP contribution in [0, 0.1) is 17.1 Å². The smallest absolute Gasteiger partial charge is 0.344 e. The second kappa shape index (κ2) is 11.4. The summed E-state index contributed by atoms with van der Waals surface area (Å²) >= 11 is 0. The molecule has 0 aliphatic heterocycles. The van der Waals surface area contributed by atoms with Gasteiger partial charge in [-0.1, -0.05) is 6.07 Å². The largest absolute Gasteiger partial charge is 0.481 e. The first kappa shape index (κ1) is 24.3. The van der Waals surface area contributed by atoms with Gasteiger partial charge in [0.15, 0.2) is 6.61 Å². The van der Waals surface area contributed by atoms with E-state index in [1.807, 2.05) is 18.2 Å².